The molecule has 4 heteroatoms. The average molecular weight is 286 g/mol. The van der Waals surface area contributed by atoms with Crippen molar-refractivity contribution < 1.29 is 4.79 Å². The van der Waals surface area contributed by atoms with Crippen molar-refractivity contribution >= 4 is 17.2 Å². The Kier molecular flexibility index (Phi) is 3.85. The number of carbonyl (C=O) groups excluding carboxylic acids is 1. The summed E-state index contributed by atoms with van der Waals surface area (Å²) < 4.78 is 0. The first-order valence-electron chi connectivity index (χ1n) is 6.81. The van der Waals surface area contributed by atoms with E-state index >= 15 is 0 Å². The van der Waals surface area contributed by atoms with Crippen LogP contribution in [0, 0.1) is 0 Å². The predicted molar refractivity (Wildman–Crippen MR) is 81.6 cm³/mol. The number of thiophene rings is 1. The van der Waals surface area contributed by atoms with E-state index < -0.39 is 0 Å². The summed E-state index contributed by atoms with van der Waals surface area (Å²) in [4.78, 5) is 15.5. The van der Waals surface area contributed by atoms with Gasteiger partial charge in [-0.15, -0.1) is 11.3 Å². The number of hydrogen-bond donors (Lipinski definition) is 1. The largest absolute Gasteiger partial charge is 0.339 e. The van der Waals surface area contributed by atoms with E-state index in [9.17, 15) is 4.79 Å². The average Bonchev–Trinajstić information content (AvgIpc) is 2.99. The van der Waals surface area contributed by atoms with Gasteiger partial charge in [0.05, 0.1) is 12.6 Å². The summed E-state index contributed by atoms with van der Waals surface area (Å²) >= 11 is 1.69. The van der Waals surface area contributed by atoms with Crippen molar-refractivity contribution in [2.45, 2.75) is 25.6 Å². The van der Waals surface area contributed by atoms with E-state index in [0.717, 1.165) is 13.0 Å². The zero-order chi connectivity index (χ0) is 13.9. The van der Waals surface area contributed by atoms with Crippen LogP contribution in [0.3, 0.4) is 0 Å². The fourth-order valence-corrected chi connectivity index (χ4v) is 3.37. The molecule has 1 aliphatic heterocycles. The Balaban J connectivity index is 1.66. The van der Waals surface area contributed by atoms with E-state index in [4.69, 9.17) is 0 Å². The summed E-state index contributed by atoms with van der Waals surface area (Å²) in [7, 11) is 1.88. The van der Waals surface area contributed by atoms with Crippen molar-refractivity contribution in [2.24, 2.45) is 0 Å². The summed E-state index contributed by atoms with van der Waals surface area (Å²) in [6, 6.07) is 12.3. The minimum absolute atomic E-state index is 0.102. The third kappa shape index (κ3) is 2.76. The summed E-state index contributed by atoms with van der Waals surface area (Å²) in [5, 5.41) is 5.39. The van der Waals surface area contributed by atoms with Crippen molar-refractivity contribution in [3.8, 4) is 0 Å². The van der Waals surface area contributed by atoms with Crippen LogP contribution in [0.1, 0.15) is 16.0 Å². The Hall–Kier alpha value is -1.65. The fourth-order valence-electron chi connectivity index (χ4n) is 2.61. The number of fused-ring (bicyclic) bond motifs is 1. The van der Waals surface area contributed by atoms with Crippen LogP contribution in [-0.4, -0.2) is 23.9 Å². The van der Waals surface area contributed by atoms with Gasteiger partial charge < -0.3 is 10.2 Å². The smallest absolute Gasteiger partial charge is 0.240 e. The molecule has 1 aromatic carbocycles. The van der Waals surface area contributed by atoms with Crippen LogP contribution in [0.5, 0.6) is 0 Å². The van der Waals surface area contributed by atoms with E-state index in [1.807, 2.05) is 35.5 Å². The van der Waals surface area contributed by atoms with Gasteiger partial charge >= 0.3 is 0 Å². The third-order valence-electron chi connectivity index (χ3n) is 3.73. The van der Waals surface area contributed by atoms with Gasteiger partial charge in [-0.05, 0) is 29.0 Å². The molecule has 2 heterocycles. The number of hydrogen-bond acceptors (Lipinski definition) is 3. The summed E-state index contributed by atoms with van der Waals surface area (Å²) in [5.41, 5.74) is 2.59. The van der Waals surface area contributed by atoms with E-state index in [1.54, 1.807) is 11.3 Å². The first-order chi connectivity index (χ1) is 9.74. The Morgan fingerprint density at radius 2 is 2.10 bits per heavy atom. The lowest BCUT2D eigenvalue weighted by atomic mass is 9.95. The molecule has 1 amide bonds. The van der Waals surface area contributed by atoms with Crippen LogP contribution >= 0.6 is 11.3 Å². The molecule has 1 aliphatic rings. The molecule has 0 radical (unpaired) electrons. The van der Waals surface area contributed by atoms with E-state index in [1.165, 1.54) is 16.0 Å². The second-order valence-electron chi connectivity index (χ2n) is 5.18. The number of benzene rings is 1. The Morgan fingerprint density at radius 1 is 1.30 bits per heavy atom. The molecule has 0 bridgehead atoms. The predicted octanol–water partition coefficient (Wildman–Crippen LogP) is 2.42. The highest BCUT2D eigenvalue weighted by atomic mass is 32.1. The normalized spacial score (nSPS) is 17.6. The van der Waals surface area contributed by atoms with Gasteiger partial charge in [0.25, 0.3) is 0 Å². The summed E-state index contributed by atoms with van der Waals surface area (Å²) in [6.07, 6.45) is 0.782. The highest BCUT2D eigenvalue weighted by Gasteiger charge is 2.26. The van der Waals surface area contributed by atoms with Crippen LogP contribution in [0.15, 0.2) is 41.8 Å². The van der Waals surface area contributed by atoms with E-state index in [2.05, 4.69) is 23.5 Å². The number of likely N-dealkylation sites (N-methyl/N-ethyl adjacent to an activating group) is 1. The topological polar surface area (TPSA) is 32.3 Å². The quantitative estimate of drug-likeness (QED) is 0.940. The molecule has 0 spiro atoms. The minimum atomic E-state index is -0.102. The molecule has 104 valence electrons. The zero-order valence-electron chi connectivity index (χ0n) is 11.5. The minimum Gasteiger partial charge on any atom is -0.339 e. The second kappa shape index (κ2) is 5.77. The van der Waals surface area contributed by atoms with Crippen LogP contribution in [0.25, 0.3) is 0 Å². The van der Waals surface area contributed by atoms with Crippen molar-refractivity contribution in [2.75, 3.05) is 7.05 Å². The number of amides is 1. The summed E-state index contributed by atoms with van der Waals surface area (Å²) in [5.74, 6) is 0.174. The Bertz CT molecular complexity index is 594. The highest BCUT2D eigenvalue weighted by Crippen LogP contribution is 2.18. The number of rotatable bonds is 3. The molecule has 1 N–H and O–H groups in total. The Labute approximate surface area is 123 Å². The molecule has 3 nitrogen and oxygen atoms in total. The van der Waals surface area contributed by atoms with Gasteiger partial charge in [-0.25, -0.2) is 0 Å². The lowest BCUT2D eigenvalue weighted by Crippen LogP contribution is -2.47. The van der Waals surface area contributed by atoms with Gasteiger partial charge in [0.2, 0.25) is 5.91 Å². The monoisotopic (exact) mass is 286 g/mol. The molecule has 0 saturated heterocycles. The number of nitrogens with zero attached hydrogens (tertiary/aromatic N) is 1. The molecule has 0 unspecified atom stereocenters. The third-order valence-corrected chi connectivity index (χ3v) is 4.59. The van der Waals surface area contributed by atoms with Crippen LogP contribution in [0.4, 0.5) is 0 Å². The van der Waals surface area contributed by atoms with Crippen molar-refractivity contribution in [1.82, 2.24) is 10.2 Å². The maximum absolute atomic E-state index is 12.5. The van der Waals surface area contributed by atoms with Gasteiger partial charge in [-0.2, -0.15) is 0 Å². The standard InChI is InChI=1S/C16H18N2OS/c1-18(11-14-7-4-8-20-14)16(19)15-9-12-5-2-3-6-13(12)10-17-15/h2-8,15,17H,9-11H2,1H3/t15-/m0/s1. The molecule has 2 aromatic rings. The van der Waals surface area contributed by atoms with Gasteiger partial charge in [-0.1, -0.05) is 30.3 Å². The van der Waals surface area contributed by atoms with Crippen molar-refractivity contribution in [3.05, 3.63) is 57.8 Å². The van der Waals surface area contributed by atoms with Crippen molar-refractivity contribution in [3.63, 3.8) is 0 Å². The summed E-state index contributed by atoms with van der Waals surface area (Å²) in [6.45, 7) is 1.47. The van der Waals surface area contributed by atoms with E-state index in [-0.39, 0.29) is 11.9 Å². The van der Waals surface area contributed by atoms with Crippen molar-refractivity contribution in [1.29, 1.82) is 0 Å². The molecule has 1 atom stereocenters. The second-order valence-corrected chi connectivity index (χ2v) is 6.21. The van der Waals surface area contributed by atoms with Crippen LogP contribution < -0.4 is 5.32 Å². The maximum atomic E-state index is 12.5. The van der Waals surface area contributed by atoms with Gasteiger partial charge in [-0.3, -0.25) is 4.79 Å². The lowest BCUT2D eigenvalue weighted by molar-refractivity contribution is -0.132. The van der Waals surface area contributed by atoms with Crippen LogP contribution in [0.2, 0.25) is 0 Å². The first kappa shape index (κ1) is 13.3. The zero-order valence-corrected chi connectivity index (χ0v) is 12.3. The SMILES string of the molecule is CN(Cc1cccs1)C(=O)[C@@H]1Cc2ccccc2CN1. The maximum Gasteiger partial charge on any atom is 0.240 e. The van der Waals surface area contributed by atoms with Crippen LogP contribution in [-0.2, 0) is 24.3 Å². The highest BCUT2D eigenvalue weighted by molar-refractivity contribution is 7.09. The molecule has 3 rings (SSSR count). The molecule has 1 aromatic heterocycles. The Morgan fingerprint density at radius 3 is 2.85 bits per heavy atom. The number of nitrogens with one attached hydrogen (secondary N) is 1. The van der Waals surface area contributed by atoms with Gasteiger partial charge in [0, 0.05) is 18.5 Å². The first-order valence-corrected chi connectivity index (χ1v) is 7.69. The molecular weight excluding hydrogens is 268 g/mol. The molecule has 20 heavy (non-hydrogen) atoms. The lowest BCUT2D eigenvalue weighted by Gasteiger charge is -2.28. The number of carbonyl (C=O) groups is 1. The van der Waals surface area contributed by atoms with E-state index in [0.29, 0.717) is 6.54 Å². The fraction of sp³-hybridized carbons (Fsp3) is 0.312. The molecular formula is C16H18N2OS. The van der Waals surface area contributed by atoms with Gasteiger partial charge in [0.15, 0.2) is 0 Å². The molecule has 0 aliphatic carbocycles. The molecule has 0 saturated carbocycles. The molecule has 0 fully saturated rings. The van der Waals surface area contributed by atoms with Gasteiger partial charge in [0.1, 0.15) is 0 Å².